The molecule has 0 saturated carbocycles. The molecule has 6 nitrogen and oxygen atoms in total. The van der Waals surface area contributed by atoms with E-state index in [1.165, 1.54) is 19.4 Å². The molecule has 0 saturated heterocycles. The summed E-state index contributed by atoms with van der Waals surface area (Å²) in [4.78, 5) is 2.55. The highest BCUT2D eigenvalue weighted by Gasteiger charge is 2.46. The van der Waals surface area contributed by atoms with Crippen molar-refractivity contribution in [3.8, 4) is 0 Å². The smallest absolute Gasteiger partial charge is 0.265 e. The van der Waals surface area contributed by atoms with Crippen molar-refractivity contribution in [2.24, 2.45) is 0 Å². The minimum absolute atomic E-state index is 0.307. The van der Waals surface area contributed by atoms with E-state index in [2.05, 4.69) is 4.98 Å². The zero-order chi connectivity index (χ0) is 20.5. The maximum Gasteiger partial charge on any atom is 0.501 e. The van der Waals surface area contributed by atoms with Gasteiger partial charge in [0.05, 0.1) is 9.79 Å². The molecule has 148 valence electrons. The van der Waals surface area contributed by atoms with Gasteiger partial charge in [-0.15, -0.1) is 0 Å². The molecule has 2 rings (SSSR count). The zero-order valence-corrected chi connectivity index (χ0v) is 16.0. The van der Waals surface area contributed by atoms with E-state index in [0.29, 0.717) is 24.1 Å². The molecule has 1 aromatic heterocycles. The quantitative estimate of drug-likeness (QED) is 0.714. The average molecular weight is 422 g/mol. The van der Waals surface area contributed by atoms with Gasteiger partial charge < -0.3 is 0 Å². The molecular formula is C16H17F3N2O4S2. The van der Waals surface area contributed by atoms with Crippen LogP contribution in [-0.4, -0.2) is 38.7 Å². The fraction of sp³-hybridized carbons (Fsp3) is 0.312. The van der Waals surface area contributed by atoms with Crippen molar-refractivity contribution >= 4 is 19.9 Å². The number of halogens is 3. The van der Waals surface area contributed by atoms with Gasteiger partial charge in [0.15, 0.2) is 0 Å². The van der Waals surface area contributed by atoms with Gasteiger partial charge in [-0.05, 0) is 48.4 Å². The number of sulfone groups is 1. The lowest BCUT2D eigenvalue weighted by Crippen LogP contribution is -2.31. The third-order valence-corrected chi connectivity index (χ3v) is 7.42. The predicted molar refractivity (Wildman–Crippen MR) is 91.9 cm³/mol. The number of rotatable bonds is 6. The van der Waals surface area contributed by atoms with Gasteiger partial charge in [-0.2, -0.15) is 17.5 Å². The Bertz CT molecular complexity index is 990. The topological polar surface area (TPSA) is 84.4 Å². The summed E-state index contributed by atoms with van der Waals surface area (Å²) in [6.45, 7) is 1.79. The first-order valence-electron chi connectivity index (χ1n) is 7.72. The van der Waals surface area contributed by atoms with Crippen LogP contribution < -0.4 is 0 Å². The molecular weight excluding hydrogens is 405 g/mol. The Kier molecular flexibility index (Phi) is 5.97. The SMILES string of the molecule is CCC(c1ccncc1)N(C)S(=O)(=O)c1ccc(S(=O)(=O)C(F)(F)F)cc1. The maximum atomic E-state index is 12.8. The number of pyridine rings is 1. The maximum absolute atomic E-state index is 12.8. The Morgan fingerprint density at radius 1 is 0.963 bits per heavy atom. The number of aromatic nitrogens is 1. The largest absolute Gasteiger partial charge is 0.501 e. The summed E-state index contributed by atoms with van der Waals surface area (Å²) in [5.41, 5.74) is -4.76. The van der Waals surface area contributed by atoms with E-state index in [1.807, 2.05) is 0 Å². The van der Waals surface area contributed by atoms with Gasteiger partial charge in [0.25, 0.3) is 9.84 Å². The van der Waals surface area contributed by atoms with Crippen LogP contribution in [0.25, 0.3) is 0 Å². The van der Waals surface area contributed by atoms with E-state index in [-0.39, 0.29) is 4.90 Å². The lowest BCUT2D eigenvalue weighted by atomic mass is 10.1. The minimum Gasteiger partial charge on any atom is -0.265 e. The molecule has 0 spiro atoms. The second-order valence-electron chi connectivity index (χ2n) is 5.65. The van der Waals surface area contributed by atoms with Crippen LogP contribution in [0.2, 0.25) is 0 Å². The summed E-state index contributed by atoms with van der Waals surface area (Å²) >= 11 is 0. The van der Waals surface area contributed by atoms with Gasteiger partial charge in [-0.1, -0.05) is 6.92 Å². The van der Waals surface area contributed by atoms with Crippen LogP contribution in [0.1, 0.15) is 24.9 Å². The van der Waals surface area contributed by atoms with Gasteiger partial charge >= 0.3 is 5.51 Å². The molecule has 0 aliphatic rings. The summed E-state index contributed by atoms with van der Waals surface area (Å²) in [6, 6.07) is 5.79. The molecule has 11 heteroatoms. The first-order chi connectivity index (χ1) is 12.4. The Balaban J connectivity index is 2.39. The monoisotopic (exact) mass is 422 g/mol. The van der Waals surface area contributed by atoms with Crippen LogP contribution >= 0.6 is 0 Å². The first-order valence-corrected chi connectivity index (χ1v) is 10.6. The minimum atomic E-state index is -5.54. The fourth-order valence-electron chi connectivity index (χ4n) is 2.55. The van der Waals surface area contributed by atoms with Crippen molar-refractivity contribution in [1.82, 2.24) is 9.29 Å². The molecule has 0 aliphatic heterocycles. The summed E-state index contributed by atoms with van der Waals surface area (Å²) in [6.07, 6.45) is 3.49. The Hall–Kier alpha value is -1.98. The molecule has 0 fully saturated rings. The molecule has 1 unspecified atom stereocenters. The van der Waals surface area contributed by atoms with E-state index >= 15 is 0 Å². The summed E-state index contributed by atoms with van der Waals surface area (Å²) in [5.74, 6) is 0. The van der Waals surface area contributed by atoms with Gasteiger partial charge in [-0.25, -0.2) is 16.8 Å². The van der Waals surface area contributed by atoms with Gasteiger partial charge in [0.1, 0.15) is 0 Å². The van der Waals surface area contributed by atoms with E-state index < -0.39 is 36.3 Å². The molecule has 1 aromatic carbocycles. The molecule has 0 aliphatic carbocycles. The van der Waals surface area contributed by atoms with Crippen molar-refractivity contribution in [1.29, 1.82) is 0 Å². The molecule has 0 N–H and O–H groups in total. The van der Waals surface area contributed by atoms with Gasteiger partial charge in [0, 0.05) is 25.5 Å². The fourth-order valence-corrected chi connectivity index (χ4v) is 4.73. The first kappa shape index (κ1) is 21.3. The van der Waals surface area contributed by atoms with Gasteiger partial charge in [0.2, 0.25) is 10.0 Å². The Morgan fingerprint density at radius 3 is 1.89 bits per heavy atom. The number of hydrogen-bond donors (Lipinski definition) is 0. The van der Waals surface area contributed by atoms with Crippen LogP contribution in [0.4, 0.5) is 13.2 Å². The standard InChI is InChI=1S/C16H17F3N2O4S2/c1-3-15(12-8-10-20-11-9-12)21(2)27(24,25)14-6-4-13(5-7-14)26(22,23)16(17,18)19/h4-11,15H,3H2,1-2H3. The molecule has 0 bridgehead atoms. The lowest BCUT2D eigenvalue weighted by Gasteiger charge is -2.27. The highest BCUT2D eigenvalue weighted by atomic mass is 32.2. The molecule has 0 radical (unpaired) electrons. The second-order valence-corrected chi connectivity index (χ2v) is 9.59. The zero-order valence-electron chi connectivity index (χ0n) is 14.4. The van der Waals surface area contributed by atoms with Crippen molar-refractivity contribution in [2.45, 2.75) is 34.7 Å². The van der Waals surface area contributed by atoms with E-state index in [1.54, 1.807) is 19.1 Å². The van der Waals surface area contributed by atoms with Gasteiger partial charge in [-0.3, -0.25) is 4.98 Å². The van der Waals surface area contributed by atoms with Crippen LogP contribution in [0.15, 0.2) is 58.6 Å². The number of nitrogens with zero attached hydrogens (tertiary/aromatic N) is 2. The van der Waals surface area contributed by atoms with E-state index in [4.69, 9.17) is 0 Å². The van der Waals surface area contributed by atoms with E-state index in [9.17, 15) is 30.0 Å². The third kappa shape index (κ3) is 4.14. The highest BCUT2D eigenvalue weighted by molar-refractivity contribution is 7.92. The lowest BCUT2D eigenvalue weighted by molar-refractivity contribution is -0.0436. The van der Waals surface area contributed by atoms with Crippen LogP contribution in [0.5, 0.6) is 0 Å². The predicted octanol–water partition coefficient (Wildman–Crippen LogP) is 3.15. The van der Waals surface area contributed by atoms with Crippen LogP contribution in [0, 0.1) is 0 Å². The summed E-state index contributed by atoms with van der Waals surface area (Å²) in [5, 5.41) is 0. The normalized spacial score (nSPS) is 14.3. The van der Waals surface area contributed by atoms with Crippen molar-refractivity contribution < 1.29 is 30.0 Å². The summed E-state index contributed by atoms with van der Waals surface area (Å²) < 4.78 is 87.3. The molecule has 2 aromatic rings. The highest BCUT2D eigenvalue weighted by Crippen LogP contribution is 2.32. The molecule has 1 heterocycles. The van der Waals surface area contributed by atoms with Crippen molar-refractivity contribution in [3.05, 3.63) is 54.4 Å². The number of benzene rings is 1. The number of hydrogen-bond acceptors (Lipinski definition) is 5. The third-order valence-electron chi connectivity index (χ3n) is 4.03. The molecule has 1 atom stereocenters. The second kappa shape index (κ2) is 7.56. The van der Waals surface area contributed by atoms with Crippen LogP contribution in [-0.2, 0) is 19.9 Å². The van der Waals surface area contributed by atoms with Crippen LogP contribution in [0.3, 0.4) is 0 Å². The Morgan fingerprint density at radius 2 is 1.44 bits per heavy atom. The number of alkyl halides is 3. The van der Waals surface area contributed by atoms with Crippen molar-refractivity contribution in [3.63, 3.8) is 0 Å². The van der Waals surface area contributed by atoms with Crippen molar-refractivity contribution in [2.75, 3.05) is 7.05 Å². The molecule has 0 amide bonds. The summed E-state index contributed by atoms with van der Waals surface area (Å²) in [7, 11) is -8.25. The molecule has 27 heavy (non-hydrogen) atoms. The van der Waals surface area contributed by atoms with E-state index in [0.717, 1.165) is 16.4 Å². The number of sulfonamides is 1. The Labute approximate surface area is 155 Å². The average Bonchev–Trinajstić information content (AvgIpc) is 2.62.